The minimum atomic E-state index is -0.468. The van der Waals surface area contributed by atoms with E-state index in [2.05, 4.69) is 11.4 Å². The van der Waals surface area contributed by atoms with E-state index in [1.165, 1.54) is 13.2 Å². The molecule has 2 aliphatic rings. The maximum absolute atomic E-state index is 11.9. The topological polar surface area (TPSA) is 71.4 Å². The molecule has 1 unspecified atom stereocenters. The third-order valence-electron chi connectivity index (χ3n) is 3.21. The van der Waals surface area contributed by atoms with Crippen LogP contribution in [0.5, 0.6) is 0 Å². The molecule has 0 aromatic carbocycles. The number of hydrogen-bond acceptors (Lipinski definition) is 5. The Hall–Kier alpha value is -2.22. The van der Waals surface area contributed by atoms with Crippen molar-refractivity contribution in [1.29, 1.82) is 5.26 Å². The molecular formula is C14H16N2O3. The summed E-state index contributed by atoms with van der Waals surface area (Å²) in [5.74, 6) is -0.0254. The Morgan fingerprint density at radius 3 is 2.68 bits per heavy atom. The summed E-state index contributed by atoms with van der Waals surface area (Å²) in [5, 5.41) is 12.4. The molecule has 0 saturated carbocycles. The fraction of sp³-hybridized carbons (Fsp3) is 0.429. The van der Waals surface area contributed by atoms with Gasteiger partial charge in [-0.25, -0.2) is 0 Å². The van der Waals surface area contributed by atoms with Crippen molar-refractivity contribution in [2.45, 2.75) is 20.8 Å². The lowest BCUT2D eigenvalue weighted by Crippen LogP contribution is -2.30. The van der Waals surface area contributed by atoms with E-state index in [0.717, 1.165) is 11.4 Å². The van der Waals surface area contributed by atoms with Gasteiger partial charge in [0.25, 0.3) is 0 Å². The van der Waals surface area contributed by atoms with Crippen LogP contribution < -0.4 is 5.32 Å². The van der Waals surface area contributed by atoms with Gasteiger partial charge in [0.15, 0.2) is 5.78 Å². The SMILES string of the molecule is CC(=O)C1=C(C)NC(C)=C(C#N)C1C1=COCCO1. The van der Waals surface area contributed by atoms with Gasteiger partial charge >= 0.3 is 0 Å². The van der Waals surface area contributed by atoms with E-state index < -0.39 is 5.92 Å². The number of rotatable bonds is 2. The number of nitriles is 1. The van der Waals surface area contributed by atoms with Gasteiger partial charge < -0.3 is 14.8 Å². The Morgan fingerprint density at radius 1 is 1.42 bits per heavy atom. The number of dihydropyridines is 1. The first-order chi connectivity index (χ1) is 9.06. The van der Waals surface area contributed by atoms with Crippen LogP contribution in [0.1, 0.15) is 20.8 Å². The van der Waals surface area contributed by atoms with Crippen LogP contribution in [-0.2, 0) is 14.3 Å². The molecule has 19 heavy (non-hydrogen) atoms. The van der Waals surface area contributed by atoms with E-state index in [1.54, 1.807) is 0 Å². The number of carbonyl (C=O) groups is 1. The number of nitrogens with zero attached hydrogens (tertiary/aromatic N) is 1. The summed E-state index contributed by atoms with van der Waals surface area (Å²) >= 11 is 0. The molecule has 2 heterocycles. The van der Waals surface area contributed by atoms with Gasteiger partial charge in [-0.3, -0.25) is 4.79 Å². The normalized spacial score (nSPS) is 22.8. The van der Waals surface area contributed by atoms with Gasteiger partial charge in [0.05, 0.1) is 17.6 Å². The highest BCUT2D eigenvalue weighted by Gasteiger charge is 2.35. The van der Waals surface area contributed by atoms with Crippen LogP contribution >= 0.6 is 0 Å². The monoisotopic (exact) mass is 260 g/mol. The molecule has 0 aromatic heterocycles. The summed E-state index contributed by atoms with van der Waals surface area (Å²) in [7, 11) is 0. The molecule has 100 valence electrons. The predicted octanol–water partition coefficient (Wildman–Crippen LogP) is 1.75. The Labute approximate surface area is 112 Å². The standard InChI is InChI=1S/C14H16N2O3/c1-8-11(6-15)14(12-7-18-4-5-19-12)13(10(3)17)9(2)16-8/h7,14,16H,4-5H2,1-3H3. The van der Waals surface area contributed by atoms with Gasteiger partial charge in [0.1, 0.15) is 25.2 Å². The van der Waals surface area contributed by atoms with Crippen LogP contribution in [0.25, 0.3) is 0 Å². The van der Waals surface area contributed by atoms with Crippen LogP contribution in [0, 0.1) is 17.2 Å². The van der Waals surface area contributed by atoms with Crippen molar-refractivity contribution in [3.05, 3.63) is 34.6 Å². The molecule has 0 spiro atoms. The number of hydrogen-bond donors (Lipinski definition) is 1. The summed E-state index contributed by atoms with van der Waals surface area (Å²) in [4.78, 5) is 11.9. The van der Waals surface area contributed by atoms with Gasteiger partial charge in [0, 0.05) is 17.0 Å². The van der Waals surface area contributed by atoms with Gasteiger partial charge in [-0.05, 0) is 20.8 Å². The van der Waals surface area contributed by atoms with Crippen molar-refractivity contribution in [2.75, 3.05) is 13.2 Å². The van der Waals surface area contributed by atoms with E-state index in [0.29, 0.717) is 30.1 Å². The zero-order valence-corrected chi connectivity index (χ0v) is 11.2. The van der Waals surface area contributed by atoms with E-state index in [1.807, 2.05) is 13.8 Å². The fourth-order valence-corrected chi connectivity index (χ4v) is 2.43. The largest absolute Gasteiger partial charge is 0.494 e. The van der Waals surface area contributed by atoms with E-state index >= 15 is 0 Å². The summed E-state index contributed by atoms with van der Waals surface area (Å²) in [6.45, 7) is 6.05. The van der Waals surface area contributed by atoms with Gasteiger partial charge in [-0.15, -0.1) is 0 Å². The molecule has 0 aliphatic carbocycles. The first kappa shape index (κ1) is 13.2. The first-order valence-corrected chi connectivity index (χ1v) is 6.10. The second kappa shape index (κ2) is 5.19. The van der Waals surface area contributed by atoms with Crippen molar-refractivity contribution < 1.29 is 14.3 Å². The summed E-state index contributed by atoms with van der Waals surface area (Å²) in [5.41, 5.74) is 2.54. The lowest BCUT2D eigenvalue weighted by Gasteiger charge is -2.30. The Balaban J connectivity index is 2.53. The van der Waals surface area contributed by atoms with Crippen LogP contribution in [0.3, 0.4) is 0 Å². The van der Waals surface area contributed by atoms with E-state index in [4.69, 9.17) is 9.47 Å². The van der Waals surface area contributed by atoms with Gasteiger partial charge in [-0.1, -0.05) is 0 Å². The second-order valence-corrected chi connectivity index (χ2v) is 4.54. The maximum Gasteiger partial charge on any atom is 0.158 e. The van der Waals surface area contributed by atoms with Crippen molar-refractivity contribution in [2.24, 2.45) is 5.92 Å². The van der Waals surface area contributed by atoms with Gasteiger partial charge in [0.2, 0.25) is 0 Å². The van der Waals surface area contributed by atoms with Crippen LogP contribution in [-0.4, -0.2) is 19.0 Å². The van der Waals surface area contributed by atoms with Crippen LogP contribution in [0.2, 0.25) is 0 Å². The maximum atomic E-state index is 11.9. The molecule has 0 amide bonds. The minimum Gasteiger partial charge on any atom is -0.494 e. The van der Waals surface area contributed by atoms with E-state index in [-0.39, 0.29) is 5.78 Å². The van der Waals surface area contributed by atoms with Crippen molar-refractivity contribution in [3.63, 3.8) is 0 Å². The van der Waals surface area contributed by atoms with E-state index in [9.17, 15) is 10.1 Å². The minimum absolute atomic E-state index is 0.0784. The highest BCUT2D eigenvalue weighted by molar-refractivity contribution is 5.96. The van der Waals surface area contributed by atoms with Crippen molar-refractivity contribution in [1.82, 2.24) is 5.32 Å². The molecule has 0 saturated heterocycles. The molecule has 0 bridgehead atoms. The van der Waals surface area contributed by atoms with Crippen LogP contribution in [0.15, 0.2) is 34.6 Å². The fourth-order valence-electron chi connectivity index (χ4n) is 2.43. The number of carbonyl (C=O) groups excluding carboxylic acids is 1. The average Bonchev–Trinajstić information content (AvgIpc) is 2.38. The molecular weight excluding hydrogens is 244 g/mol. The Kier molecular flexibility index (Phi) is 3.61. The second-order valence-electron chi connectivity index (χ2n) is 4.54. The summed E-state index contributed by atoms with van der Waals surface area (Å²) in [6.07, 6.45) is 1.50. The number of allylic oxidation sites excluding steroid dienone is 3. The molecule has 2 rings (SSSR count). The zero-order chi connectivity index (χ0) is 14.0. The molecule has 1 atom stereocenters. The predicted molar refractivity (Wildman–Crippen MR) is 68.3 cm³/mol. The first-order valence-electron chi connectivity index (χ1n) is 6.10. The highest BCUT2D eigenvalue weighted by Crippen LogP contribution is 2.36. The Morgan fingerprint density at radius 2 is 2.16 bits per heavy atom. The number of ether oxygens (including phenoxy) is 2. The van der Waals surface area contributed by atoms with Crippen molar-refractivity contribution >= 4 is 5.78 Å². The smallest absolute Gasteiger partial charge is 0.158 e. The molecule has 2 aliphatic heterocycles. The Bertz CT molecular complexity index is 550. The average molecular weight is 260 g/mol. The number of ketones is 1. The molecule has 0 radical (unpaired) electrons. The zero-order valence-electron chi connectivity index (χ0n) is 11.2. The summed E-state index contributed by atoms with van der Waals surface area (Å²) in [6, 6.07) is 2.16. The molecule has 5 heteroatoms. The lowest BCUT2D eigenvalue weighted by molar-refractivity contribution is -0.114. The molecule has 0 fully saturated rings. The quantitative estimate of drug-likeness (QED) is 0.819. The highest BCUT2D eigenvalue weighted by atomic mass is 16.6. The summed E-state index contributed by atoms with van der Waals surface area (Å²) < 4.78 is 10.8. The number of nitrogens with one attached hydrogen (secondary N) is 1. The number of Topliss-reactive ketones (excluding diaryl/α,β-unsaturated/α-hetero) is 1. The lowest BCUT2D eigenvalue weighted by atomic mass is 9.83. The van der Waals surface area contributed by atoms with Crippen molar-refractivity contribution in [3.8, 4) is 6.07 Å². The van der Waals surface area contributed by atoms with Gasteiger partial charge in [-0.2, -0.15) is 5.26 Å². The van der Waals surface area contributed by atoms with Crippen LogP contribution in [0.4, 0.5) is 0 Å². The third kappa shape index (κ3) is 2.34. The third-order valence-corrected chi connectivity index (χ3v) is 3.21. The molecule has 0 aromatic rings. The molecule has 1 N–H and O–H groups in total. The molecule has 5 nitrogen and oxygen atoms in total.